The lowest BCUT2D eigenvalue weighted by molar-refractivity contribution is 0.112. The molecule has 0 spiro atoms. The van der Waals surface area contributed by atoms with Crippen molar-refractivity contribution in [2.24, 2.45) is 0 Å². The molecule has 1 heterocycles. The molecule has 0 amide bonds. The van der Waals surface area contributed by atoms with E-state index in [2.05, 4.69) is 56.1 Å². The maximum Gasteiger partial charge on any atom is 0.152 e. The van der Waals surface area contributed by atoms with E-state index in [9.17, 15) is 4.79 Å². The molecule has 3 nitrogen and oxygen atoms in total. The molecule has 0 aromatic heterocycles. The molecule has 0 bridgehead atoms. The number of halogens is 1. The molecular weight excluding hydrogens is 340 g/mol. The molecule has 0 aliphatic carbocycles. The highest BCUT2D eigenvalue weighted by molar-refractivity contribution is 9.10. The van der Waals surface area contributed by atoms with Gasteiger partial charge in [-0.05, 0) is 33.6 Å². The maximum atomic E-state index is 11.3. The third-order valence-corrected chi connectivity index (χ3v) is 4.72. The molecule has 1 aliphatic heterocycles. The number of hydrogen-bond donors (Lipinski definition) is 0. The van der Waals surface area contributed by atoms with E-state index >= 15 is 0 Å². The van der Waals surface area contributed by atoms with E-state index in [4.69, 9.17) is 0 Å². The van der Waals surface area contributed by atoms with Crippen LogP contribution in [0.5, 0.6) is 0 Å². The summed E-state index contributed by atoms with van der Waals surface area (Å²) in [7, 11) is 0. The molecule has 3 rings (SSSR count). The summed E-state index contributed by atoms with van der Waals surface area (Å²) in [6.07, 6.45) is 0.941. The molecule has 2 aromatic carbocycles. The Balaban J connectivity index is 1.66. The van der Waals surface area contributed by atoms with Crippen molar-refractivity contribution < 1.29 is 4.79 Å². The van der Waals surface area contributed by atoms with Crippen LogP contribution in [0, 0.1) is 0 Å². The third-order valence-electron chi connectivity index (χ3n) is 4.08. The molecule has 0 N–H and O–H groups in total. The molecule has 22 heavy (non-hydrogen) atoms. The summed E-state index contributed by atoms with van der Waals surface area (Å²) in [5, 5.41) is 0. The predicted octanol–water partition coefficient (Wildman–Crippen LogP) is 3.58. The molecule has 1 aliphatic rings. The number of benzene rings is 2. The maximum absolute atomic E-state index is 11.3. The van der Waals surface area contributed by atoms with Crippen molar-refractivity contribution in [2.75, 3.05) is 31.1 Å². The van der Waals surface area contributed by atoms with Crippen molar-refractivity contribution in [3.63, 3.8) is 0 Å². The number of carbonyl (C=O) groups is 1. The van der Waals surface area contributed by atoms with Gasteiger partial charge >= 0.3 is 0 Å². The van der Waals surface area contributed by atoms with Crippen LogP contribution >= 0.6 is 15.9 Å². The first-order valence-electron chi connectivity index (χ1n) is 7.53. The Morgan fingerprint density at radius 3 is 2.36 bits per heavy atom. The van der Waals surface area contributed by atoms with Gasteiger partial charge in [-0.1, -0.05) is 36.4 Å². The number of carbonyl (C=O) groups excluding carboxylic acids is 1. The Hall–Kier alpha value is -1.65. The monoisotopic (exact) mass is 358 g/mol. The van der Waals surface area contributed by atoms with Gasteiger partial charge in [0.25, 0.3) is 0 Å². The highest BCUT2D eigenvalue weighted by Crippen LogP contribution is 2.30. The van der Waals surface area contributed by atoms with Crippen molar-refractivity contribution >= 4 is 27.9 Å². The number of anilines is 1. The van der Waals surface area contributed by atoms with Gasteiger partial charge < -0.3 is 4.90 Å². The van der Waals surface area contributed by atoms with Crippen molar-refractivity contribution in [3.8, 4) is 0 Å². The Bertz CT molecular complexity index is 637. The van der Waals surface area contributed by atoms with Crippen LogP contribution in [-0.4, -0.2) is 37.4 Å². The summed E-state index contributed by atoms with van der Waals surface area (Å²) < 4.78 is 0.994. The minimum atomic E-state index is 0.755. The first-order valence-corrected chi connectivity index (χ1v) is 8.32. The van der Waals surface area contributed by atoms with E-state index in [1.54, 1.807) is 0 Å². The zero-order chi connectivity index (χ0) is 15.4. The Kier molecular flexibility index (Phi) is 4.90. The summed E-state index contributed by atoms with van der Waals surface area (Å²) in [4.78, 5) is 16.0. The van der Waals surface area contributed by atoms with Gasteiger partial charge in [-0.2, -0.15) is 0 Å². The minimum absolute atomic E-state index is 0.755. The van der Waals surface area contributed by atoms with Crippen LogP contribution in [0.2, 0.25) is 0 Å². The number of nitrogens with zero attached hydrogens (tertiary/aromatic N) is 2. The van der Waals surface area contributed by atoms with E-state index in [1.165, 1.54) is 5.56 Å². The van der Waals surface area contributed by atoms with Crippen molar-refractivity contribution in [1.29, 1.82) is 0 Å². The fourth-order valence-corrected chi connectivity index (χ4v) is 3.56. The summed E-state index contributed by atoms with van der Waals surface area (Å²) in [6, 6.07) is 16.3. The Morgan fingerprint density at radius 2 is 1.68 bits per heavy atom. The van der Waals surface area contributed by atoms with E-state index < -0.39 is 0 Å². The quantitative estimate of drug-likeness (QED) is 0.780. The zero-order valence-electron chi connectivity index (χ0n) is 12.4. The highest BCUT2D eigenvalue weighted by atomic mass is 79.9. The van der Waals surface area contributed by atoms with Gasteiger partial charge in [-0.25, -0.2) is 0 Å². The highest BCUT2D eigenvalue weighted by Gasteiger charge is 2.20. The molecule has 114 valence electrons. The summed E-state index contributed by atoms with van der Waals surface area (Å²) in [5.74, 6) is 0. The SMILES string of the molecule is O=Cc1cccc(Br)c1N1CCN(Cc2ccccc2)CC1. The van der Waals surface area contributed by atoms with Crippen LogP contribution in [-0.2, 0) is 6.54 Å². The number of para-hydroxylation sites is 1. The largest absolute Gasteiger partial charge is 0.367 e. The first-order chi connectivity index (χ1) is 10.8. The number of piperazine rings is 1. The third kappa shape index (κ3) is 3.39. The average molecular weight is 359 g/mol. The molecule has 0 atom stereocenters. The first kappa shape index (κ1) is 15.3. The Labute approximate surface area is 139 Å². The lowest BCUT2D eigenvalue weighted by Gasteiger charge is -2.37. The lowest BCUT2D eigenvalue weighted by Crippen LogP contribution is -2.46. The van der Waals surface area contributed by atoms with Crippen LogP contribution in [0.15, 0.2) is 53.0 Å². The van der Waals surface area contributed by atoms with Crippen LogP contribution in [0.25, 0.3) is 0 Å². The predicted molar refractivity (Wildman–Crippen MR) is 93.5 cm³/mol. The molecular formula is C18H19BrN2O. The molecule has 1 saturated heterocycles. The van der Waals surface area contributed by atoms with E-state index in [-0.39, 0.29) is 0 Å². The zero-order valence-corrected chi connectivity index (χ0v) is 14.0. The van der Waals surface area contributed by atoms with Gasteiger partial charge in [0.2, 0.25) is 0 Å². The molecule has 2 aromatic rings. The van der Waals surface area contributed by atoms with Gasteiger partial charge in [0.1, 0.15) is 0 Å². The summed E-state index contributed by atoms with van der Waals surface area (Å²) in [5.41, 5.74) is 3.13. The molecule has 0 radical (unpaired) electrons. The van der Waals surface area contributed by atoms with Gasteiger partial charge in [-0.15, -0.1) is 0 Å². The van der Waals surface area contributed by atoms with Crippen LogP contribution in [0.3, 0.4) is 0 Å². The van der Waals surface area contributed by atoms with E-state index in [0.717, 1.165) is 54.7 Å². The molecule has 4 heteroatoms. The second-order valence-corrected chi connectivity index (χ2v) is 6.40. The van der Waals surface area contributed by atoms with E-state index in [1.807, 2.05) is 18.2 Å². The van der Waals surface area contributed by atoms with Gasteiger partial charge in [0.15, 0.2) is 6.29 Å². The van der Waals surface area contributed by atoms with Gasteiger partial charge in [0.05, 0.1) is 5.69 Å². The minimum Gasteiger partial charge on any atom is -0.367 e. The molecule has 0 saturated carbocycles. The van der Waals surface area contributed by atoms with Crippen molar-refractivity contribution in [1.82, 2.24) is 4.90 Å². The normalized spacial score (nSPS) is 15.8. The van der Waals surface area contributed by atoms with Crippen LogP contribution < -0.4 is 4.90 Å². The van der Waals surface area contributed by atoms with E-state index in [0.29, 0.717) is 0 Å². The second-order valence-electron chi connectivity index (χ2n) is 5.54. The molecule has 1 fully saturated rings. The Morgan fingerprint density at radius 1 is 0.955 bits per heavy atom. The summed E-state index contributed by atoms with van der Waals surface area (Å²) >= 11 is 3.58. The number of rotatable bonds is 4. The van der Waals surface area contributed by atoms with Crippen LogP contribution in [0.4, 0.5) is 5.69 Å². The van der Waals surface area contributed by atoms with Gasteiger partial charge in [-0.3, -0.25) is 9.69 Å². The topological polar surface area (TPSA) is 23.6 Å². The van der Waals surface area contributed by atoms with Crippen molar-refractivity contribution in [2.45, 2.75) is 6.54 Å². The van der Waals surface area contributed by atoms with Gasteiger partial charge in [0, 0.05) is 42.8 Å². The summed E-state index contributed by atoms with van der Waals surface area (Å²) in [6.45, 7) is 4.89. The fraction of sp³-hybridized carbons (Fsp3) is 0.278. The number of hydrogen-bond acceptors (Lipinski definition) is 3. The fourth-order valence-electron chi connectivity index (χ4n) is 2.93. The standard InChI is InChI=1S/C18H19BrN2O/c19-17-8-4-7-16(14-22)18(17)21-11-9-20(10-12-21)13-15-5-2-1-3-6-15/h1-8,14H,9-13H2. The lowest BCUT2D eigenvalue weighted by atomic mass is 10.1. The smallest absolute Gasteiger partial charge is 0.152 e. The second kappa shape index (κ2) is 7.07. The molecule has 0 unspecified atom stereocenters. The average Bonchev–Trinajstić information content (AvgIpc) is 2.56. The van der Waals surface area contributed by atoms with Crippen molar-refractivity contribution in [3.05, 3.63) is 64.1 Å². The number of aldehydes is 1. The van der Waals surface area contributed by atoms with Crippen LogP contribution in [0.1, 0.15) is 15.9 Å².